The van der Waals surface area contributed by atoms with Crippen molar-refractivity contribution in [3.05, 3.63) is 77.7 Å². The highest BCUT2D eigenvalue weighted by Crippen LogP contribution is 2.35. The molecule has 1 aromatic heterocycles. The summed E-state index contributed by atoms with van der Waals surface area (Å²) in [7, 11) is 0. The molecule has 0 amide bonds. The molecule has 0 radical (unpaired) electrons. The Balaban J connectivity index is 1.84. The van der Waals surface area contributed by atoms with Gasteiger partial charge in [-0.3, -0.25) is 0 Å². The molecule has 4 nitrogen and oxygen atoms in total. The maximum atomic E-state index is 13.2. The van der Waals surface area contributed by atoms with Crippen molar-refractivity contribution in [2.24, 2.45) is 0 Å². The van der Waals surface area contributed by atoms with Gasteiger partial charge in [-0.25, -0.2) is 9.37 Å². The van der Waals surface area contributed by atoms with Crippen molar-refractivity contribution < 1.29 is 22.3 Å². The number of benzene rings is 2. The van der Waals surface area contributed by atoms with Crippen LogP contribution >= 0.6 is 0 Å². The van der Waals surface area contributed by atoms with Crippen LogP contribution in [0.5, 0.6) is 5.88 Å². The third kappa shape index (κ3) is 4.47. The molecule has 0 spiro atoms. The summed E-state index contributed by atoms with van der Waals surface area (Å²) in [5, 5.41) is 2.71. The van der Waals surface area contributed by atoms with E-state index >= 15 is 0 Å². The molecule has 0 bridgehead atoms. The highest BCUT2D eigenvalue weighted by molar-refractivity contribution is 5.53. The van der Waals surface area contributed by atoms with Crippen LogP contribution < -0.4 is 10.1 Å². The number of halogens is 4. The van der Waals surface area contributed by atoms with E-state index in [1.54, 1.807) is 30.3 Å². The van der Waals surface area contributed by atoms with Gasteiger partial charge in [0.25, 0.3) is 0 Å². The fraction of sp³-hybridized carbons (Fsp3) is 0.111. The van der Waals surface area contributed by atoms with Crippen molar-refractivity contribution in [3.8, 4) is 5.88 Å². The van der Waals surface area contributed by atoms with Crippen molar-refractivity contribution in [3.63, 3.8) is 0 Å². The van der Waals surface area contributed by atoms with Crippen LogP contribution in [0.25, 0.3) is 0 Å². The molecule has 0 aliphatic heterocycles. The average Bonchev–Trinajstić information content (AvgIpc) is 2.62. The number of alkyl halides is 3. The summed E-state index contributed by atoms with van der Waals surface area (Å²) in [6.07, 6.45) is -4.00. The SMILES string of the molecule is Fc1ccc(Nc2ncc(C(F)(F)F)c(OCc3ccccc3)n2)cc1. The normalized spacial score (nSPS) is 11.2. The Morgan fingerprint density at radius 2 is 1.65 bits per heavy atom. The molecule has 0 fully saturated rings. The molecule has 0 saturated carbocycles. The van der Waals surface area contributed by atoms with Crippen molar-refractivity contribution in [1.29, 1.82) is 0 Å². The zero-order valence-corrected chi connectivity index (χ0v) is 13.3. The maximum Gasteiger partial charge on any atom is 0.423 e. The quantitative estimate of drug-likeness (QED) is 0.651. The van der Waals surface area contributed by atoms with E-state index in [4.69, 9.17) is 4.74 Å². The van der Waals surface area contributed by atoms with Crippen molar-refractivity contribution in [2.75, 3.05) is 5.32 Å². The van der Waals surface area contributed by atoms with Gasteiger partial charge in [0.2, 0.25) is 11.8 Å². The van der Waals surface area contributed by atoms with Crippen LogP contribution in [0.2, 0.25) is 0 Å². The lowest BCUT2D eigenvalue weighted by Gasteiger charge is -2.14. The number of anilines is 2. The summed E-state index contributed by atoms with van der Waals surface area (Å²) in [6, 6.07) is 14.0. The van der Waals surface area contributed by atoms with Gasteiger partial charge in [0, 0.05) is 11.9 Å². The highest BCUT2D eigenvalue weighted by atomic mass is 19.4. The molecular formula is C18H13F4N3O. The Bertz CT molecular complexity index is 868. The third-order valence-electron chi connectivity index (χ3n) is 3.38. The monoisotopic (exact) mass is 363 g/mol. The minimum absolute atomic E-state index is 0.0725. The van der Waals surface area contributed by atoms with Crippen molar-refractivity contribution >= 4 is 11.6 Å². The van der Waals surface area contributed by atoms with Gasteiger partial charge in [-0.1, -0.05) is 30.3 Å². The Hall–Kier alpha value is -3.16. The van der Waals surface area contributed by atoms with Gasteiger partial charge in [0.1, 0.15) is 18.0 Å². The highest BCUT2D eigenvalue weighted by Gasteiger charge is 2.36. The van der Waals surface area contributed by atoms with Gasteiger partial charge in [-0.2, -0.15) is 18.2 Å². The number of ether oxygens (including phenoxy) is 1. The lowest BCUT2D eigenvalue weighted by molar-refractivity contribution is -0.139. The zero-order valence-electron chi connectivity index (χ0n) is 13.3. The van der Waals surface area contributed by atoms with E-state index in [1.165, 1.54) is 24.3 Å². The first-order valence-corrected chi connectivity index (χ1v) is 7.55. The van der Waals surface area contributed by atoms with E-state index in [0.29, 0.717) is 17.4 Å². The predicted octanol–water partition coefficient (Wildman–Crippen LogP) is 4.96. The third-order valence-corrected chi connectivity index (χ3v) is 3.38. The summed E-state index contributed by atoms with van der Waals surface area (Å²) in [6.45, 7) is -0.0725. The Labute approximate surface area is 146 Å². The standard InChI is InChI=1S/C18H13F4N3O/c19-13-6-8-14(9-7-13)24-17-23-10-15(18(20,21)22)16(25-17)26-11-12-4-2-1-3-5-12/h1-10H,11H2,(H,23,24,25). The van der Waals surface area contributed by atoms with Crippen LogP contribution in [0.15, 0.2) is 60.8 Å². The number of hydrogen-bond acceptors (Lipinski definition) is 4. The van der Waals surface area contributed by atoms with Gasteiger partial charge in [0.05, 0.1) is 0 Å². The van der Waals surface area contributed by atoms with E-state index in [1.807, 2.05) is 0 Å². The molecule has 8 heteroatoms. The first kappa shape index (κ1) is 17.7. The van der Waals surface area contributed by atoms with Gasteiger partial charge in [0.15, 0.2) is 0 Å². The molecule has 0 saturated heterocycles. The minimum atomic E-state index is -4.65. The van der Waals surface area contributed by atoms with Gasteiger partial charge in [-0.05, 0) is 29.8 Å². The summed E-state index contributed by atoms with van der Waals surface area (Å²) in [4.78, 5) is 7.48. The largest absolute Gasteiger partial charge is 0.472 e. The zero-order chi connectivity index (χ0) is 18.6. The van der Waals surface area contributed by atoms with Gasteiger partial charge < -0.3 is 10.1 Å². The molecular weight excluding hydrogens is 350 g/mol. The fourth-order valence-corrected chi connectivity index (χ4v) is 2.12. The van der Waals surface area contributed by atoms with E-state index in [0.717, 1.165) is 0 Å². The van der Waals surface area contributed by atoms with E-state index in [9.17, 15) is 17.6 Å². The van der Waals surface area contributed by atoms with E-state index in [-0.39, 0.29) is 12.6 Å². The molecule has 0 atom stereocenters. The number of nitrogens with one attached hydrogen (secondary N) is 1. The fourth-order valence-electron chi connectivity index (χ4n) is 2.12. The number of aromatic nitrogens is 2. The van der Waals surface area contributed by atoms with E-state index < -0.39 is 23.4 Å². The van der Waals surface area contributed by atoms with Crippen molar-refractivity contribution in [1.82, 2.24) is 9.97 Å². The molecule has 0 aliphatic rings. The second-order valence-corrected chi connectivity index (χ2v) is 5.32. The second kappa shape index (κ2) is 7.38. The molecule has 26 heavy (non-hydrogen) atoms. The number of hydrogen-bond donors (Lipinski definition) is 1. The topological polar surface area (TPSA) is 47.0 Å². The first-order valence-electron chi connectivity index (χ1n) is 7.55. The lowest BCUT2D eigenvalue weighted by atomic mass is 10.2. The summed E-state index contributed by atoms with van der Waals surface area (Å²) >= 11 is 0. The van der Waals surface area contributed by atoms with Crippen LogP contribution in [-0.2, 0) is 12.8 Å². The molecule has 1 N–H and O–H groups in total. The molecule has 2 aromatic carbocycles. The second-order valence-electron chi connectivity index (χ2n) is 5.32. The maximum absolute atomic E-state index is 13.2. The Morgan fingerprint density at radius 3 is 2.31 bits per heavy atom. The lowest BCUT2D eigenvalue weighted by Crippen LogP contribution is -2.12. The molecule has 134 valence electrons. The average molecular weight is 363 g/mol. The van der Waals surface area contributed by atoms with Crippen LogP contribution in [0.4, 0.5) is 29.2 Å². The van der Waals surface area contributed by atoms with Gasteiger partial charge in [-0.15, -0.1) is 0 Å². The molecule has 1 heterocycles. The minimum Gasteiger partial charge on any atom is -0.472 e. The Morgan fingerprint density at radius 1 is 0.962 bits per heavy atom. The van der Waals surface area contributed by atoms with Gasteiger partial charge >= 0.3 is 6.18 Å². The first-order chi connectivity index (χ1) is 12.4. The number of nitrogens with zero attached hydrogens (tertiary/aromatic N) is 2. The molecule has 0 unspecified atom stereocenters. The summed E-state index contributed by atoms with van der Waals surface area (Å²) < 4.78 is 57.7. The summed E-state index contributed by atoms with van der Waals surface area (Å²) in [5.74, 6) is -1.11. The van der Waals surface area contributed by atoms with Crippen LogP contribution in [0, 0.1) is 5.82 Å². The predicted molar refractivity (Wildman–Crippen MR) is 87.5 cm³/mol. The smallest absolute Gasteiger partial charge is 0.423 e. The molecule has 3 aromatic rings. The van der Waals surface area contributed by atoms with E-state index in [2.05, 4.69) is 15.3 Å². The molecule has 3 rings (SSSR count). The Kier molecular flexibility index (Phi) is 5.01. The van der Waals surface area contributed by atoms with Crippen LogP contribution in [-0.4, -0.2) is 9.97 Å². The molecule has 0 aliphatic carbocycles. The van der Waals surface area contributed by atoms with Crippen molar-refractivity contribution in [2.45, 2.75) is 12.8 Å². The number of rotatable bonds is 5. The van der Waals surface area contributed by atoms with Crippen LogP contribution in [0.1, 0.15) is 11.1 Å². The van der Waals surface area contributed by atoms with Crippen LogP contribution in [0.3, 0.4) is 0 Å². The summed E-state index contributed by atoms with van der Waals surface area (Å²) in [5.41, 5.74) is 0.0607.